The van der Waals surface area contributed by atoms with Crippen LogP contribution < -0.4 is 16.1 Å². The van der Waals surface area contributed by atoms with E-state index in [1.54, 1.807) is 32.6 Å². The number of fused-ring (bicyclic) bond motifs is 4. The highest BCUT2D eigenvalue weighted by Gasteiger charge is 2.34. The zero-order chi connectivity index (χ0) is 32.7. The molecule has 4 unspecified atom stereocenters. The van der Waals surface area contributed by atoms with Crippen LogP contribution in [0.4, 0.5) is 0 Å². The lowest BCUT2D eigenvalue weighted by atomic mass is 10.0. The number of rotatable bonds is 1. The van der Waals surface area contributed by atoms with Crippen molar-refractivity contribution in [3.05, 3.63) is 47.7 Å². The fourth-order valence-electron chi connectivity index (χ4n) is 5.40. The van der Waals surface area contributed by atoms with Gasteiger partial charge in [-0.15, -0.1) is 0 Å². The normalized spacial score (nSPS) is 24.7. The molecule has 3 heterocycles. The van der Waals surface area contributed by atoms with Crippen molar-refractivity contribution in [1.29, 1.82) is 0 Å². The molecule has 2 aliphatic heterocycles. The molecule has 3 N–H and O–H groups in total. The molecule has 12 nitrogen and oxygen atoms in total. The zero-order valence-corrected chi connectivity index (χ0v) is 26.7. The molecule has 2 aromatic rings. The maximum atomic E-state index is 13.3. The minimum absolute atomic E-state index is 0.0283. The number of carbonyl (C=O) groups excluding carboxylic acids is 5. The van der Waals surface area contributed by atoms with Crippen LogP contribution in [-0.2, 0) is 28.7 Å². The molecular weight excluding hydrogens is 576 g/mol. The molecule has 1 fully saturated rings. The van der Waals surface area contributed by atoms with E-state index in [1.165, 1.54) is 11.9 Å². The zero-order valence-electron chi connectivity index (χ0n) is 26.7. The molecule has 1 saturated heterocycles. The Bertz CT molecular complexity index is 1460. The summed E-state index contributed by atoms with van der Waals surface area (Å²) in [6.45, 7) is 9.38. The molecule has 1 aromatic carbocycles. The van der Waals surface area contributed by atoms with Gasteiger partial charge in [-0.3, -0.25) is 29.0 Å². The number of carbonyl (C=O) groups is 5. The van der Waals surface area contributed by atoms with Crippen molar-refractivity contribution in [3.8, 4) is 0 Å². The molecule has 242 valence electrons. The summed E-state index contributed by atoms with van der Waals surface area (Å²) in [6.07, 6.45) is 4.96. The molecule has 0 saturated carbocycles. The van der Waals surface area contributed by atoms with Gasteiger partial charge in [0.05, 0.1) is 11.2 Å². The van der Waals surface area contributed by atoms with Gasteiger partial charge in [0, 0.05) is 38.4 Å². The predicted molar refractivity (Wildman–Crippen MR) is 169 cm³/mol. The van der Waals surface area contributed by atoms with Gasteiger partial charge in [-0.25, -0.2) is 10.4 Å². The first-order chi connectivity index (χ1) is 21.4. The fourth-order valence-corrected chi connectivity index (χ4v) is 5.40. The lowest BCUT2D eigenvalue weighted by Gasteiger charge is -2.35. The molecule has 45 heavy (non-hydrogen) atoms. The van der Waals surface area contributed by atoms with Crippen LogP contribution in [0, 0.1) is 5.92 Å². The predicted octanol–water partition coefficient (Wildman–Crippen LogP) is 2.64. The molecule has 1 aromatic heterocycles. The second-order valence-electron chi connectivity index (χ2n) is 12.0. The third-order valence-corrected chi connectivity index (χ3v) is 8.11. The van der Waals surface area contributed by atoms with E-state index in [0.29, 0.717) is 38.0 Å². The first kappa shape index (κ1) is 33.6. The lowest BCUT2D eigenvalue weighted by molar-refractivity contribution is -0.157. The average Bonchev–Trinajstić information content (AvgIpc) is 3.01. The van der Waals surface area contributed by atoms with E-state index >= 15 is 0 Å². The van der Waals surface area contributed by atoms with Gasteiger partial charge < -0.3 is 20.3 Å². The van der Waals surface area contributed by atoms with Crippen LogP contribution in [0.5, 0.6) is 0 Å². The number of aromatic nitrogens is 1. The molecule has 0 spiro atoms. The Labute approximate surface area is 263 Å². The number of nitrogens with one attached hydrogen (secondary N) is 3. The summed E-state index contributed by atoms with van der Waals surface area (Å²) >= 11 is 0. The molecule has 4 amide bonds. The number of nitrogens with zero attached hydrogens (tertiary/aromatic N) is 3. The fraction of sp³-hybridized carbons (Fsp3) is 0.515. The van der Waals surface area contributed by atoms with Gasteiger partial charge in [0.15, 0.2) is 0 Å². The van der Waals surface area contributed by atoms with Crippen molar-refractivity contribution < 1.29 is 28.7 Å². The van der Waals surface area contributed by atoms with Gasteiger partial charge in [-0.2, -0.15) is 0 Å². The number of benzene rings is 1. The summed E-state index contributed by atoms with van der Waals surface area (Å²) in [7, 11) is 0. The van der Waals surface area contributed by atoms with Crippen LogP contribution >= 0.6 is 0 Å². The van der Waals surface area contributed by atoms with E-state index in [1.807, 2.05) is 42.5 Å². The first-order valence-corrected chi connectivity index (χ1v) is 15.6. The van der Waals surface area contributed by atoms with Crippen molar-refractivity contribution >= 4 is 46.6 Å². The molecule has 0 aliphatic carbocycles. The van der Waals surface area contributed by atoms with Crippen LogP contribution in [0.1, 0.15) is 77.7 Å². The summed E-state index contributed by atoms with van der Waals surface area (Å²) in [5.74, 6) is -2.17. The van der Waals surface area contributed by atoms with E-state index in [4.69, 9.17) is 9.72 Å². The second kappa shape index (κ2) is 15.1. The number of cyclic esters (lactones) is 1. The Morgan fingerprint density at radius 1 is 1.02 bits per heavy atom. The third kappa shape index (κ3) is 8.87. The Balaban J connectivity index is 1.59. The maximum Gasteiger partial charge on any atom is 0.325 e. The van der Waals surface area contributed by atoms with Crippen molar-refractivity contribution in [2.75, 3.05) is 19.6 Å². The Kier molecular flexibility index (Phi) is 11.3. The van der Waals surface area contributed by atoms with Gasteiger partial charge in [0.2, 0.25) is 17.7 Å². The molecule has 0 radical (unpaired) electrons. The Morgan fingerprint density at radius 3 is 2.51 bits per heavy atom. The van der Waals surface area contributed by atoms with Crippen LogP contribution in [0.15, 0.2) is 36.4 Å². The van der Waals surface area contributed by atoms with E-state index in [-0.39, 0.29) is 30.7 Å². The quantitative estimate of drug-likeness (QED) is 0.412. The standard InChI is InChI=1S/C33H44N6O6/c1-20(2)30-31(42)34-21(3)32(43)39-17-8-10-27(37-39)33(44)45-22(4)26-14-13-25-12-11-24(19-28(25)35-26)9-6-7-16-38(23(5)40)18-15-29(41)36-30/h6,9,11-14,19-22,27,30,37H,7-8,10,15-18H2,1-5H3,(H,34,42)(H,36,41). The monoisotopic (exact) mass is 620 g/mol. The number of amides is 4. The van der Waals surface area contributed by atoms with Gasteiger partial charge in [-0.05, 0) is 56.7 Å². The van der Waals surface area contributed by atoms with Gasteiger partial charge in [0.1, 0.15) is 24.2 Å². The maximum absolute atomic E-state index is 13.3. The molecule has 5 bridgehead atoms. The van der Waals surface area contributed by atoms with Crippen LogP contribution in [0.25, 0.3) is 17.0 Å². The minimum Gasteiger partial charge on any atom is -0.455 e. The van der Waals surface area contributed by atoms with Crippen LogP contribution in [-0.4, -0.2) is 82.3 Å². The highest BCUT2D eigenvalue weighted by Crippen LogP contribution is 2.22. The van der Waals surface area contributed by atoms with Crippen molar-refractivity contribution in [1.82, 2.24) is 31.0 Å². The Morgan fingerprint density at radius 2 is 1.78 bits per heavy atom. The SMILES string of the molecule is CC(=O)N1CCC=Cc2ccc3ccc(nc3c2)C(C)OC(=O)C2CCCN(N2)C(=O)C(C)NC(=O)C(C(C)C)NC(=O)CC1. The number of hydrogen-bond donors (Lipinski definition) is 3. The summed E-state index contributed by atoms with van der Waals surface area (Å²) < 4.78 is 5.77. The van der Waals surface area contributed by atoms with E-state index in [0.717, 1.165) is 16.5 Å². The van der Waals surface area contributed by atoms with Crippen molar-refractivity contribution in [2.45, 2.75) is 84.5 Å². The van der Waals surface area contributed by atoms with E-state index < -0.39 is 42.0 Å². The average molecular weight is 621 g/mol. The number of hydrogen-bond acceptors (Lipinski definition) is 8. The number of pyridine rings is 1. The summed E-state index contributed by atoms with van der Waals surface area (Å²) in [4.78, 5) is 71.1. The molecule has 2 aliphatic rings. The highest BCUT2D eigenvalue weighted by molar-refractivity contribution is 5.92. The first-order valence-electron chi connectivity index (χ1n) is 15.6. The second-order valence-corrected chi connectivity index (χ2v) is 12.0. The summed E-state index contributed by atoms with van der Waals surface area (Å²) in [6, 6.07) is 7.13. The highest BCUT2D eigenvalue weighted by atomic mass is 16.5. The molecule has 12 heteroatoms. The van der Waals surface area contributed by atoms with Crippen LogP contribution in [0.3, 0.4) is 0 Å². The van der Waals surface area contributed by atoms with Crippen molar-refractivity contribution in [2.24, 2.45) is 5.92 Å². The van der Waals surface area contributed by atoms with E-state index in [9.17, 15) is 24.0 Å². The van der Waals surface area contributed by atoms with Gasteiger partial charge in [-0.1, -0.05) is 44.2 Å². The largest absolute Gasteiger partial charge is 0.455 e. The van der Waals surface area contributed by atoms with Crippen LogP contribution in [0.2, 0.25) is 0 Å². The minimum atomic E-state index is -0.917. The topological polar surface area (TPSA) is 150 Å². The summed E-state index contributed by atoms with van der Waals surface area (Å²) in [5, 5.41) is 7.76. The molecule has 4 atom stereocenters. The number of hydrazine groups is 1. The Hall–Kier alpha value is -4.32. The number of ether oxygens (including phenoxy) is 1. The molecular formula is C33H44N6O6. The smallest absolute Gasteiger partial charge is 0.325 e. The van der Waals surface area contributed by atoms with E-state index in [2.05, 4.69) is 16.1 Å². The number of esters is 1. The van der Waals surface area contributed by atoms with Crippen molar-refractivity contribution in [3.63, 3.8) is 0 Å². The third-order valence-electron chi connectivity index (χ3n) is 8.11. The molecule has 4 rings (SSSR count). The lowest BCUT2D eigenvalue weighted by Crippen LogP contribution is -2.61. The van der Waals surface area contributed by atoms with Gasteiger partial charge >= 0.3 is 5.97 Å². The summed E-state index contributed by atoms with van der Waals surface area (Å²) in [5.41, 5.74) is 5.25. The van der Waals surface area contributed by atoms with Gasteiger partial charge in [0.25, 0.3) is 5.91 Å².